The minimum Gasteiger partial charge on any atom is -0.314 e. The van der Waals surface area contributed by atoms with Crippen molar-refractivity contribution in [2.75, 3.05) is 25.4 Å². The number of piperazine rings is 1. The fourth-order valence-electron chi connectivity index (χ4n) is 2.81. The fraction of sp³-hybridized carbons (Fsp3) is 1.00. The SMILES string of the molecule is CC1CNCCN1S(=O)(=O)CC1CCCC1. The summed E-state index contributed by atoms with van der Waals surface area (Å²) < 4.78 is 26.2. The Morgan fingerprint density at radius 1 is 1.31 bits per heavy atom. The first-order chi connectivity index (χ1) is 7.59. The van der Waals surface area contributed by atoms with Gasteiger partial charge in [-0.15, -0.1) is 0 Å². The van der Waals surface area contributed by atoms with Crippen LogP contribution in [0.4, 0.5) is 0 Å². The van der Waals surface area contributed by atoms with E-state index in [4.69, 9.17) is 0 Å². The first-order valence-electron chi connectivity index (χ1n) is 6.30. The zero-order valence-electron chi connectivity index (χ0n) is 9.98. The third-order valence-electron chi connectivity index (χ3n) is 3.72. The van der Waals surface area contributed by atoms with Crippen LogP contribution in [0.3, 0.4) is 0 Å². The minimum absolute atomic E-state index is 0.111. The molecule has 1 heterocycles. The van der Waals surface area contributed by atoms with Crippen molar-refractivity contribution >= 4 is 10.0 Å². The molecule has 1 saturated carbocycles. The molecule has 1 atom stereocenters. The van der Waals surface area contributed by atoms with Gasteiger partial charge < -0.3 is 5.32 Å². The summed E-state index contributed by atoms with van der Waals surface area (Å²) in [5, 5.41) is 3.22. The Balaban J connectivity index is 1.99. The Morgan fingerprint density at radius 3 is 2.62 bits per heavy atom. The molecule has 1 N–H and O–H groups in total. The molecule has 0 radical (unpaired) electrons. The zero-order valence-corrected chi connectivity index (χ0v) is 10.8. The van der Waals surface area contributed by atoms with Crippen molar-refractivity contribution in [2.45, 2.75) is 38.6 Å². The largest absolute Gasteiger partial charge is 0.314 e. The molecule has 0 aromatic carbocycles. The molecule has 16 heavy (non-hydrogen) atoms. The van der Waals surface area contributed by atoms with E-state index in [1.54, 1.807) is 4.31 Å². The second-order valence-electron chi connectivity index (χ2n) is 5.09. The Bertz CT molecular complexity index is 323. The van der Waals surface area contributed by atoms with E-state index >= 15 is 0 Å². The zero-order chi connectivity index (χ0) is 11.6. The predicted octanol–water partition coefficient (Wildman–Crippen LogP) is 0.800. The van der Waals surface area contributed by atoms with Gasteiger partial charge in [0.2, 0.25) is 10.0 Å². The van der Waals surface area contributed by atoms with E-state index < -0.39 is 10.0 Å². The van der Waals surface area contributed by atoms with Crippen molar-refractivity contribution in [3.63, 3.8) is 0 Å². The Kier molecular flexibility index (Phi) is 3.87. The highest BCUT2D eigenvalue weighted by Crippen LogP contribution is 2.27. The van der Waals surface area contributed by atoms with E-state index in [1.807, 2.05) is 6.92 Å². The Morgan fingerprint density at radius 2 is 2.00 bits per heavy atom. The van der Waals surface area contributed by atoms with Crippen molar-refractivity contribution in [1.29, 1.82) is 0 Å². The summed E-state index contributed by atoms with van der Waals surface area (Å²) in [5.74, 6) is 0.782. The van der Waals surface area contributed by atoms with Crippen LogP contribution in [0.5, 0.6) is 0 Å². The molecular formula is C11H22N2O2S. The van der Waals surface area contributed by atoms with E-state index in [2.05, 4.69) is 5.32 Å². The number of hydrogen-bond acceptors (Lipinski definition) is 3. The van der Waals surface area contributed by atoms with Crippen molar-refractivity contribution in [3.8, 4) is 0 Å². The summed E-state index contributed by atoms with van der Waals surface area (Å²) in [4.78, 5) is 0. The molecule has 2 rings (SSSR count). The summed E-state index contributed by atoms with van der Waals surface area (Å²) in [5.41, 5.74) is 0. The van der Waals surface area contributed by atoms with Gasteiger partial charge in [-0.3, -0.25) is 0 Å². The fourth-order valence-corrected chi connectivity index (χ4v) is 4.92. The highest BCUT2D eigenvalue weighted by Gasteiger charge is 2.32. The predicted molar refractivity (Wildman–Crippen MR) is 64.8 cm³/mol. The lowest BCUT2D eigenvalue weighted by molar-refractivity contribution is 0.282. The van der Waals surface area contributed by atoms with Crippen LogP contribution in [-0.2, 0) is 10.0 Å². The van der Waals surface area contributed by atoms with Crippen molar-refractivity contribution in [3.05, 3.63) is 0 Å². The molecule has 2 aliphatic rings. The van der Waals surface area contributed by atoms with E-state index in [-0.39, 0.29) is 6.04 Å². The quantitative estimate of drug-likeness (QED) is 0.801. The third-order valence-corrected chi connectivity index (χ3v) is 5.87. The molecule has 0 aromatic rings. The summed E-state index contributed by atoms with van der Waals surface area (Å²) in [6.07, 6.45) is 4.61. The summed E-state index contributed by atoms with van der Waals surface area (Å²) in [6, 6.07) is 0.111. The van der Waals surface area contributed by atoms with Gasteiger partial charge in [0.1, 0.15) is 0 Å². The smallest absolute Gasteiger partial charge is 0.214 e. The topological polar surface area (TPSA) is 49.4 Å². The Hall–Kier alpha value is -0.130. The van der Waals surface area contributed by atoms with E-state index in [0.717, 1.165) is 25.9 Å². The lowest BCUT2D eigenvalue weighted by Crippen LogP contribution is -2.53. The molecular weight excluding hydrogens is 224 g/mol. The molecule has 0 aromatic heterocycles. The minimum atomic E-state index is -3.02. The average Bonchev–Trinajstić information content (AvgIpc) is 2.70. The molecule has 1 saturated heterocycles. The van der Waals surface area contributed by atoms with Crippen LogP contribution >= 0.6 is 0 Å². The van der Waals surface area contributed by atoms with Crippen LogP contribution in [0.1, 0.15) is 32.6 Å². The van der Waals surface area contributed by atoms with Crippen LogP contribution in [-0.4, -0.2) is 44.2 Å². The summed E-state index contributed by atoms with van der Waals surface area (Å²) in [7, 11) is -3.02. The first-order valence-corrected chi connectivity index (χ1v) is 7.91. The number of rotatable bonds is 3. The molecule has 0 spiro atoms. The maximum absolute atomic E-state index is 12.3. The van der Waals surface area contributed by atoms with E-state index in [1.165, 1.54) is 12.8 Å². The second kappa shape index (κ2) is 5.02. The lowest BCUT2D eigenvalue weighted by atomic mass is 10.1. The lowest BCUT2D eigenvalue weighted by Gasteiger charge is -2.33. The van der Waals surface area contributed by atoms with Crippen LogP contribution in [0.2, 0.25) is 0 Å². The average molecular weight is 246 g/mol. The van der Waals surface area contributed by atoms with Gasteiger partial charge in [-0.25, -0.2) is 8.42 Å². The monoisotopic (exact) mass is 246 g/mol. The molecule has 5 heteroatoms. The standard InChI is InChI=1S/C11H22N2O2S/c1-10-8-12-6-7-13(10)16(14,15)9-11-4-2-3-5-11/h10-12H,2-9H2,1H3. The van der Waals surface area contributed by atoms with Gasteiger partial charge in [0.15, 0.2) is 0 Å². The number of nitrogens with one attached hydrogen (secondary N) is 1. The summed E-state index contributed by atoms with van der Waals surface area (Å²) in [6.45, 7) is 4.19. The van der Waals surface area contributed by atoms with Gasteiger partial charge in [0, 0.05) is 25.7 Å². The van der Waals surface area contributed by atoms with Gasteiger partial charge >= 0.3 is 0 Å². The van der Waals surface area contributed by atoms with Crippen LogP contribution in [0.15, 0.2) is 0 Å². The number of nitrogens with zero attached hydrogens (tertiary/aromatic N) is 1. The number of hydrogen-bond donors (Lipinski definition) is 1. The first kappa shape index (κ1) is 12.3. The van der Waals surface area contributed by atoms with Crippen molar-refractivity contribution in [2.24, 2.45) is 5.92 Å². The Labute approximate surface area is 98.4 Å². The highest BCUT2D eigenvalue weighted by atomic mass is 32.2. The van der Waals surface area contributed by atoms with Crippen molar-refractivity contribution < 1.29 is 8.42 Å². The second-order valence-corrected chi connectivity index (χ2v) is 7.06. The number of sulfonamides is 1. The van der Waals surface area contributed by atoms with Gasteiger partial charge in [0.05, 0.1) is 5.75 Å². The molecule has 1 aliphatic carbocycles. The molecule has 94 valence electrons. The summed E-state index contributed by atoms with van der Waals surface area (Å²) >= 11 is 0. The van der Waals surface area contributed by atoms with E-state index in [9.17, 15) is 8.42 Å². The molecule has 0 amide bonds. The van der Waals surface area contributed by atoms with Crippen LogP contribution in [0, 0.1) is 5.92 Å². The van der Waals surface area contributed by atoms with Crippen LogP contribution < -0.4 is 5.32 Å². The third kappa shape index (κ3) is 2.76. The van der Waals surface area contributed by atoms with Gasteiger partial charge in [-0.05, 0) is 25.7 Å². The normalized spacial score (nSPS) is 29.7. The molecule has 1 unspecified atom stereocenters. The molecule has 2 fully saturated rings. The van der Waals surface area contributed by atoms with Crippen LogP contribution in [0.25, 0.3) is 0 Å². The van der Waals surface area contributed by atoms with E-state index in [0.29, 0.717) is 18.2 Å². The molecule has 4 nitrogen and oxygen atoms in total. The maximum Gasteiger partial charge on any atom is 0.214 e. The van der Waals surface area contributed by atoms with Crippen molar-refractivity contribution in [1.82, 2.24) is 9.62 Å². The molecule has 0 bridgehead atoms. The van der Waals surface area contributed by atoms with Gasteiger partial charge in [-0.2, -0.15) is 4.31 Å². The maximum atomic E-state index is 12.3. The van der Waals surface area contributed by atoms with Gasteiger partial charge in [0.25, 0.3) is 0 Å². The highest BCUT2D eigenvalue weighted by molar-refractivity contribution is 7.89. The van der Waals surface area contributed by atoms with Gasteiger partial charge in [-0.1, -0.05) is 12.8 Å². The molecule has 1 aliphatic heterocycles.